The Morgan fingerprint density at radius 2 is 2.07 bits per heavy atom. The van der Waals surface area contributed by atoms with Gasteiger partial charge in [0, 0.05) is 5.56 Å². The maximum Gasteiger partial charge on any atom is 0.124 e. The molecular weight excluding hydrogens is 186 g/mol. The molecule has 0 aromatic carbocycles. The summed E-state index contributed by atoms with van der Waals surface area (Å²) < 4.78 is 2.01. The molecule has 0 bridgehead atoms. The van der Waals surface area contributed by atoms with Crippen molar-refractivity contribution in [2.45, 2.75) is 52.0 Å². The van der Waals surface area contributed by atoms with Crippen LogP contribution in [-0.4, -0.2) is 9.78 Å². The molecule has 2 rings (SSSR count). The summed E-state index contributed by atoms with van der Waals surface area (Å²) in [6.07, 6.45) is 8.68. The lowest BCUT2D eigenvalue weighted by Gasteiger charge is -2.28. The molecule has 1 aliphatic rings. The summed E-state index contributed by atoms with van der Waals surface area (Å²) >= 11 is 0. The summed E-state index contributed by atoms with van der Waals surface area (Å²) in [5, 5.41) is 4.38. The fourth-order valence-electron chi connectivity index (χ4n) is 2.60. The smallest absolute Gasteiger partial charge is 0.124 e. The van der Waals surface area contributed by atoms with Gasteiger partial charge in [0.15, 0.2) is 0 Å². The Morgan fingerprint density at radius 3 is 2.60 bits per heavy atom. The van der Waals surface area contributed by atoms with Crippen LogP contribution in [0.15, 0.2) is 6.20 Å². The number of anilines is 1. The van der Waals surface area contributed by atoms with Crippen molar-refractivity contribution in [3.05, 3.63) is 11.8 Å². The number of nitrogen functional groups attached to an aromatic ring is 1. The van der Waals surface area contributed by atoms with Gasteiger partial charge in [-0.15, -0.1) is 0 Å². The molecule has 0 amide bonds. The van der Waals surface area contributed by atoms with E-state index >= 15 is 0 Å². The van der Waals surface area contributed by atoms with E-state index in [-0.39, 0.29) is 0 Å². The second-order valence-electron chi connectivity index (χ2n) is 4.80. The molecule has 3 heteroatoms. The summed E-state index contributed by atoms with van der Waals surface area (Å²) in [6, 6.07) is 0.457. The molecule has 0 spiro atoms. The minimum absolute atomic E-state index is 0.457. The van der Waals surface area contributed by atoms with Crippen LogP contribution in [-0.2, 0) is 0 Å². The van der Waals surface area contributed by atoms with Gasteiger partial charge in [0.1, 0.15) is 5.82 Å². The lowest BCUT2D eigenvalue weighted by atomic mass is 9.84. The van der Waals surface area contributed by atoms with E-state index in [4.69, 9.17) is 5.73 Å². The summed E-state index contributed by atoms with van der Waals surface area (Å²) in [5.41, 5.74) is 7.11. The minimum Gasteiger partial charge on any atom is -0.384 e. The van der Waals surface area contributed by atoms with Crippen molar-refractivity contribution in [2.24, 2.45) is 5.92 Å². The first-order valence-electron chi connectivity index (χ1n) is 5.99. The van der Waals surface area contributed by atoms with Crippen LogP contribution in [0.2, 0.25) is 0 Å². The number of hydrogen-bond donors (Lipinski definition) is 1. The lowest BCUT2D eigenvalue weighted by Crippen LogP contribution is -2.21. The van der Waals surface area contributed by atoms with Crippen molar-refractivity contribution < 1.29 is 0 Å². The standard InChI is InChI=1S/C12H21N3/c1-9-8-14-15(12(9)13)10(2)11-6-4-3-5-7-11/h8,10-11H,3-7,13H2,1-2H3. The van der Waals surface area contributed by atoms with Crippen molar-refractivity contribution in [1.29, 1.82) is 0 Å². The van der Waals surface area contributed by atoms with E-state index in [1.165, 1.54) is 32.1 Å². The number of hydrogen-bond acceptors (Lipinski definition) is 2. The van der Waals surface area contributed by atoms with Gasteiger partial charge in [0.2, 0.25) is 0 Å². The van der Waals surface area contributed by atoms with E-state index in [2.05, 4.69) is 12.0 Å². The molecule has 1 saturated carbocycles. The van der Waals surface area contributed by atoms with Crippen molar-refractivity contribution in [3.8, 4) is 0 Å². The van der Waals surface area contributed by atoms with Crippen molar-refractivity contribution in [1.82, 2.24) is 9.78 Å². The molecule has 0 saturated heterocycles. The molecule has 0 radical (unpaired) electrons. The molecular formula is C12H21N3. The van der Waals surface area contributed by atoms with Crippen molar-refractivity contribution in [3.63, 3.8) is 0 Å². The van der Waals surface area contributed by atoms with E-state index in [1.54, 1.807) is 0 Å². The number of nitrogens with two attached hydrogens (primary N) is 1. The van der Waals surface area contributed by atoms with E-state index in [1.807, 2.05) is 17.8 Å². The molecule has 1 aromatic heterocycles. The van der Waals surface area contributed by atoms with Crippen molar-refractivity contribution in [2.75, 3.05) is 5.73 Å². The van der Waals surface area contributed by atoms with Gasteiger partial charge in [-0.3, -0.25) is 0 Å². The quantitative estimate of drug-likeness (QED) is 0.810. The Hall–Kier alpha value is -0.990. The predicted octanol–water partition coefficient (Wildman–Crippen LogP) is 2.92. The predicted molar refractivity (Wildman–Crippen MR) is 62.7 cm³/mol. The highest BCUT2D eigenvalue weighted by Gasteiger charge is 2.23. The van der Waals surface area contributed by atoms with Gasteiger partial charge in [0.25, 0.3) is 0 Å². The number of rotatable bonds is 2. The average Bonchev–Trinajstić information content (AvgIpc) is 2.60. The van der Waals surface area contributed by atoms with Crippen LogP contribution in [0, 0.1) is 12.8 Å². The van der Waals surface area contributed by atoms with Crippen LogP contribution in [0.5, 0.6) is 0 Å². The molecule has 1 unspecified atom stereocenters. The highest BCUT2D eigenvalue weighted by atomic mass is 15.3. The lowest BCUT2D eigenvalue weighted by molar-refractivity contribution is 0.252. The summed E-state index contributed by atoms with van der Waals surface area (Å²) in [4.78, 5) is 0. The first kappa shape index (κ1) is 10.5. The number of aromatic nitrogens is 2. The van der Waals surface area contributed by atoms with Crippen molar-refractivity contribution >= 4 is 5.82 Å². The molecule has 1 fully saturated rings. The second-order valence-corrected chi connectivity index (χ2v) is 4.80. The Labute approximate surface area is 91.7 Å². The third-order valence-corrected chi connectivity index (χ3v) is 3.74. The third-order valence-electron chi connectivity index (χ3n) is 3.74. The van der Waals surface area contributed by atoms with E-state index in [0.29, 0.717) is 6.04 Å². The topological polar surface area (TPSA) is 43.8 Å². The van der Waals surface area contributed by atoms with E-state index in [0.717, 1.165) is 17.3 Å². The van der Waals surface area contributed by atoms with Gasteiger partial charge in [-0.1, -0.05) is 19.3 Å². The van der Waals surface area contributed by atoms with Crippen LogP contribution in [0.25, 0.3) is 0 Å². The van der Waals surface area contributed by atoms with Gasteiger partial charge >= 0.3 is 0 Å². The van der Waals surface area contributed by atoms with Crippen LogP contribution < -0.4 is 5.73 Å². The first-order valence-corrected chi connectivity index (χ1v) is 5.99. The van der Waals surface area contributed by atoms with E-state index in [9.17, 15) is 0 Å². The molecule has 1 heterocycles. The molecule has 15 heavy (non-hydrogen) atoms. The number of nitrogens with zero attached hydrogens (tertiary/aromatic N) is 2. The maximum atomic E-state index is 6.01. The molecule has 1 aliphatic carbocycles. The average molecular weight is 207 g/mol. The zero-order chi connectivity index (χ0) is 10.8. The Morgan fingerprint density at radius 1 is 1.40 bits per heavy atom. The summed E-state index contributed by atoms with van der Waals surface area (Å²) in [7, 11) is 0. The second kappa shape index (κ2) is 4.25. The fraction of sp³-hybridized carbons (Fsp3) is 0.750. The van der Waals surface area contributed by atoms with Gasteiger partial charge in [0.05, 0.1) is 12.2 Å². The monoisotopic (exact) mass is 207 g/mol. The molecule has 1 atom stereocenters. The zero-order valence-corrected chi connectivity index (χ0v) is 9.74. The number of aryl methyl sites for hydroxylation is 1. The van der Waals surface area contributed by atoms with Gasteiger partial charge in [-0.05, 0) is 32.6 Å². The van der Waals surface area contributed by atoms with Crippen LogP contribution in [0.3, 0.4) is 0 Å². The SMILES string of the molecule is Cc1cnn(C(C)C2CCCCC2)c1N. The Bertz CT molecular complexity index is 324. The third kappa shape index (κ3) is 2.01. The molecule has 1 aromatic rings. The van der Waals surface area contributed by atoms with Crippen LogP contribution in [0.4, 0.5) is 5.82 Å². The van der Waals surface area contributed by atoms with Crippen LogP contribution in [0.1, 0.15) is 50.6 Å². The van der Waals surface area contributed by atoms with E-state index < -0.39 is 0 Å². The highest BCUT2D eigenvalue weighted by molar-refractivity contribution is 5.37. The van der Waals surface area contributed by atoms with Gasteiger partial charge in [-0.25, -0.2) is 4.68 Å². The fourth-order valence-corrected chi connectivity index (χ4v) is 2.60. The maximum absolute atomic E-state index is 6.01. The van der Waals surface area contributed by atoms with Crippen LogP contribution >= 0.6 is 0 Å². The Kier molecular flexibility index (Phi) is 2.98. The highest BCUT2D eigenvalue weighted by Crippen LogP contribution is 2.33. The summed E-state index contributed by atoms with van der Waals surface area (Å²) in [6.45, 7) is 4.27. The van der Waals surface area contributed by atoms with Gasteiger partial charge < -0.3 is 5.73 Å². The Balaban J connectivity index is 2.12. The molecule has 2 N–H and O–H groups in total. The summed E-state index contributed by atoms with van der Waals surface area (Å²) in [5.74, 6) is 1.61. The zero-order valence-electron chi connectivity index (χ0n) is 9.74. The first-order chi connectivity index (χ1) is 7.20. The molecule has 3 nitrogen and oxygen atoms in total. The molecule has 0 aliphatic heterocycles. The van der Waals surface area contributed by atoms with Gasteiger partial charge in [-0.2, -0.15) is 5.10 Å². The normalized spacial score (nSPS) is 20.4. The largest absolute Gasteiger partial charge is 0.384 e. The molecule has 84 valence electrons. The minimum atomic E-state index is 0.457.